The second-order valence-electron chi connectivity index (χ2n) is 11.5. The van der Waals surface area contributed by atoms with Crippen molar-refractivity contribution in [2.45, 2.75) is 25.2 Å². The number of nitrogens with one attached hydrogen (secondary N) is 1. The summed E-state index contributed by atoms with van der Waals surface area (Å²) in [5, 5.41) is 2.91. The van der Waals surface area contributed by atoms with Crippen molar-refractivity contribution < 1.29 is 27.5 Å². The molecule has 1 aliphatic rings. The van der Waals surface area contributed by atoms with Crippen LogP contribution in [0.4, 0.5) is 18.9 Å². The third-order valence-electron chi connectivity index (χ3n) is 8.38. The van der Waals surface area contributed by atoms with E-state index in [4.69, 9.17) is 4.74 Å². The van der Waals surface area contributed by atoms with Gasteiger partial charge in [0.2, 0.25) is 0 Å². The highest BCUT2D eigenvalue weighted by molar-refractivity contribution is 6.08. The molecule has 1 unspecified atom stereocenters. The molecule has 1 N–H and O–H groups in total. The van der Waals surface area contributed by atoms with Crippen LogP contribution in [0.1, 0.15) is 45.1 Å². The highest BCUT2D eigenvalue weighted by Gasteiger charge is 2.31. The van der Waals surface area contributed by atoms with E-state index in [0.29, 0.717) is 35.5 Å². The van der Waals surface area contributed by atoms with E-state index in [-0.39, 0.29) is 18.5 Å². The Kier molecular flexibility index (Phi) is 9.83. The van der Waals surface area contributed by atoms with Gasteiger partial charge >= 0.3 is 12.1 Å². The Balaban J connectivity index is 1.12. The maximum atomic E-state index is 13.4. The number of carbonyl (C=O) groups is 2. The van der Waals surface area contributed by atoms with Gasteiger partial charge in [-0.25, -0.2) is 4.79 Å². The van der Waals surface area contributed by atoms with Gasteiger partial charge in [0.15, 0.2) is 0 Å². The molecule has 0 aliphatic carbocycles. The summed E-state index contributed by atoms with van der Waals surface area (Å²) in [6, 6.07) is 37.9. The van der Waals surface area contributed by atoms with Crippen molar-refractivity contribution in [2.24, 2.45) is 0 Å². The summed E-state index contributed by atoms with van der Waals surface area (Å²) < 4.78 is 44.9. The average molecular weight is 647 g/mol. The van der Waals surface area contributed by atoms with E-state index in [0.717, 1.165) is 40.8 Å². The van der Waals surface area contributed by atoms with Gasteiger partial charge in [-0.05, 0) is 70.1 Å². The van der Waals surface area contributed by atoms with Gasteiger partial charge in [0.25, 0.3) is 5.91 Å². The van der Waals surface area contributed by atoms with Gasteiger partial charge in [0, 0.05) is 24.3 Å². The molecule has 5 nitrogen and oxygen atoms in total. The van der Waals surface area contributed by atoms with Gasteiger partial charge in [0.05, 0.1) is 5.56 Å². The first kappa shape index (κ1) is 32.5. The van der Waals surface area contributed by atoms with Crippen LogP contribution in [0.25, 0.3) is 16.7 Å². The van der Waals surface area contributed by atoms with Crippen LogP contribution in [0.5, 0.6) is 0 Å². The van der Waals surface area contributed by atoms with Crippen LogP contribution in [-0.4, -0.2) is 29.9 Å². The summed E-state index contributed by atoms with van der Waals surface area (Å²) in [7, 11) is 0. The molecule has 0 bridgehead atoms. The Hall–Kier alpha value is -5.47. The molecule has 0 aromatic heterocycles. The number of alkyl halides is 3. The number of esters is 1. The fourth-order valence-corrected chi connectivity index (χ4v) is 5.86. The minimum atomic E-state index is -4.43. The molecule has 0 radical (unpaired) electrons. The summed E-state index contributed by atoms with van der Waals surface area (Å²) in [4.78, 5) is 28.8. The molecule has 1 atom stereocenters. The molecule has 1 amide bonds. The summed E-state index contributed by atoms with van der Waals surface area (Å²) in [5.74, 6) is -0.654. The van der Waals surface area contributed by atoms with Crippen molar-refractivity contribution in [3.8, 4) is 11.1 Å². The third-order valence-corrected chi connectivity index (χ3v) is 8.38. The molecule has 8 heteroatoms. The molecular formula is C40H33F3N2O3. The van der Waals surface area contributed by atoms with Crippen molar-refractivity contribution in [1.82, 2.24) is 4.90 Å². The highest BCUT2D eigenvalue weighted by atomic mass is 19.4. The van der Waals surface area contributed by atoms with E-state index in [1.54, 1.807) is 24.3 Å². The first-order chi connectivity index (χ1) is 23.3. The number of halogens is 3. The number of hydrogen-bond donors (Lipinski definition) is 1. The zero-order valence-corrected chi connectivity index (χ0v) is 26.0. The van der Waals surface area contributed by atoms with Crippen molar-refractivity contribution in [2.75, 3.05) is 18.4 Å². The number of rotatable bonds is 9. The first-order valence-electron chi connectivity index (χ1n) is 15.6. The summed E-state index contributed by atoms with van der Waals surface area (Å²) in [6.45, 7) is 1.43. The lowest BCUT2D eigenvalue weighted by Crippen LogP contribution is -2.38. The van der Waals surface area contributed by atoms with Crippen LogP contribution in [-0.2, 0) is 22.3 Å². The lowest BCUT2D eigenvalue weighted by Gasteiger charge is -2.33. The molecule has 5 aromatic carbocycles. The molecular weight excluding hydrogens is 613 g/mol. The number of carbonyl (C=O) groups excluding carboxylic acids is 2. The lowest BCUT2D eigenvalue weighted by molar-refractivity contribution is -0.151. The molecule has 242 valence electrons. The van der Waals surface area contributed by atoms with E-state index in [1.165, 1.54) is 12.1 Å². The molecule has 1 aliphatic heterocycles. The molecule has 0 spiro atoms. The highest BCUT2D eigenvalue weighted by Crippen LogP contribution is 2.33. The third kappa shape index (κ3) is 7.73. The Bertz CT molecular complexity index is 1890. The Morgan fingerprint density at radius 1 is 0.750 bits per heavy atom. The van der Waals surface area contributed by atoms with Gasteiger partial charge in [-0.3, -0.25) is 9.69 Å². The van der Waals surface area contributed by atoms with Crippen LogP contribution in [0.15, 0.2) is 140 Å². The maximum Gasteiger partial charge on any atom is 0.416 e. The van der Waals surface area contributed by atoms with Crippen molar-refractivity contribution in [3.05, 3.63) is 167 Å². The Morgan fingerprint density at radius 3 is 2.02 bits per heavy atom. The fourth-order valence-electron chi connectivity index (χ4n) is 5.86. The first-order valence-corrected chi connectivity index (χ1v) is 15.6. The molecule has 48 heavy (non-hydrogen) atoms. The Morgan fingerprint density at radius 2 is 1.38 bits per heavy atom. The minimum absolute atomic E-state index is 0.210. The van der Waals surface area contributed by atoms with Crippen molar-refractivity contribution >= 4 is 23.1 Å². The van der Waals surface area contributed by atoms with Gasteiger partial charge in [-0.2, -0.15) is 13.2 Å². The smallest absolute Gasteiger partial charge is 0.416 e. The summed E-state index contributed by atoms with van der Waals surface area (Å²) >= 11 is 0. The maximum absolute atomic E-state index is 13.4. The Labute approximate surface area is 277 Å². The zero-order valence-electron chi connectivity index (χ0n) is 26.0. The number of anilines is 1. The molecule has 1 heterocycles. The van der Waals surface area contributed by atoms with E-state index in [2.05, 4.69) is 16.3 Å². The monoisotopic (exact) mass is 646 g/mol. The van der Waals surface area contributed by atoms with Gasteiger partial charge in [0.1, 0.15) is 12.6 Å². The quantitative estimate of drug-likeness (QED) is 0.162. The molecule has 6 rings (SSSR count). The largest absolute Gasteiger partial charge is 0.459 e. The topological polar surface area (TPSA) is 58.6 Å². The predicted octanol–water partition coefficient (Wildman–Crippen LogP) is 9.20. The molecule has 0 fully saturated rings. The number of hydrogen-bond acceptors (Lipinski definition) is 4. The van der Waals surface area contributed by atoms with Crippen LogP contribution >= 0.6 is 0 Å². The number of nitrogens with zero attached hydrogens (tertiary/aromatic N) is 1. The standard InChI is InChI=1S/C40H33F3N2O3/c41-40(42,43)33-19-15-31(16-20-33)35-13-7-8-14-36(35)38(46)44-34-21-17-29(18-22-34)30-23-25-45(26-24-30)37(32-11-5-2-6-12-32)39(47)48-27-28-9-3-1-4-10-28/h1-23,37H,24-27H2,(H,44,46). The number of benzene rings is 5. The average Bonchev–Trinajstić information content (AvgIpc) is 3.12. The lowest BCUT2D eigenvalue weighted by atomic mass is 9.96. The zero-order chi connectivity index (χ0) is 33.5. The van der Waals surface area contributed by atoms with E-state index < -0.39 is 17.8 Å². The van der Waals surface area contributed by atoms with Crippen molar-refractivity contribution in [1.29, 1.82) is 0 Å². The second-order valence-corrected chi connectivity index (χ2v) is 11.5. The summed E-state index contributed by atoms with van der Waals surface area (Å²) in [6.07, 6.45) is -1.59. The van der Waals surface area contributed by atoms with Gasteiger partial charge in [-0.1, -0.05) is 109 Å². The van der Waals surface area contributed by atoms with E-state index in [1.807, 2.05) is 84.9 Å². The normalized spacial score (nSPS) is 14.1. The number of ether oxygens (including phenoxy) is 1. The molecule has 0 saturated heterocycles. The molecule has 5 aromatic rings. The molecule has 0 saturated carbocycles. The summed E-state index contributed by atoms with van der Waals surface area (Å²) in [5.41, 5.74) is 5.22. The predicted molar refractivity (Wildman–Crippen MR) is 181 cm³/mol. The van der Waals surface area contributed by atoms with Crippen LogP contribution in [0.3, 0.4) is 0 Å². The second kappa shape index (κ2) is 14.5. The van der Waals surface area contributed by atoms with Gasteiger partial charge in [-0.15, -0.1) is 0 Å². The fraction of sp³-hybridized carbons (Fsp3) is 0.150. The van der Waals surface area contributed by atoms with Crippen LogP contribution in [0, 0.1) is 0 Å². The minimum Gasteiger partial charge on any atom is -0.459 e. The van der Waals surface area contributed by atoms with Gasteiger partial charge < -0.3 is 10.1 Å². The van der Waals surface area contributed by atoms with E-state index in [9.17, 15) is 22.8 Å². The number of amides is 1. The van der Waals surface area contributed by atoms with E-state index >= 15 is 0 Å². The van der Waals surface area contributed by atoms with Crippen LogP contribution in [0.2, 0.25) is 0 Å². The SMILES string of the molecule is O=C(Nc1ccc(C2=CCN(C(C(=O)OCc3ccccc3)c3ccccc3)CC2)cc1)c1ccccc1-c1ccc(C(F)(F)F)cc1. The van der Waals surface area contributed by atoms with Crippen LogP contribution < -0.4 is 5.32 Å². The van der Waals surface area contributed by atoms with Crippen molar-refractivity contribution in [3.63, 3.8) is 0 Å².